The van der Waals surface area contributed by atoms with Crippen LogP contribution >= 0.6 is 0 Å². The molecule has 1 unspecified atom stereocenters. The second-order valence-corrected chi connectivity index (χ2v) is 6.14. The number of quaternary nitrogens is 1. The summed E-state index contributed by atoms with van der Waals surface area (Å²) in [6.45, 7) is 10.5. The molecule has 0 heterocycles. The topological polar surface area (TPSA) is 26.3 Å². The lowest BCUT2D eigenvalue weighted by Gasteiger charge is -2.38. The predicted octanol–water partition coefficient (Wildman–Crippen LogP) is 1.47. The molecule has 0 fully saturated rings. The van der Waals surface area contributed by atoms with Crippen LogP contribution in [-0.2, 0) is 4.74 Å². The molecule has 0 saturated carbocycles. The number of likely N-dealkylation sites (N-methyl/N-ethyl adjacent to an activating group) is 1. The summed E-state index contributed by atoms with van der Waals surface area (Å²) >= 11 is 0. The summed E-state index contributed by atoms with van der Waals surface area (Å²) < 4.78 is 6.86. The number of ether oxygens (including phenoxy) is 1. The fourth-order valence-corrected chi connectivity index (χ4v) is 3.06. The van der Waals surface area contributed by atoms with Crippen LogP contribution in [0.2, 0.25) is 0 Å². The van der Waals surface area contributed by atoms with E-state index >= 15 is 0 Å². The molecule has 0 aliphatic carbocycles. The van der Waals surface area contributed by atoms with Gasteiger partial charge >= 0.3 is 5.97 Å². The zero-order valence-electron chi connectivity index (χ0n) is 15.3. The number of hydrogen-bond acceptors (Lipinski definition) is 2. The van der Waals surface area contributed by atoms with Crippen molar-refractivity contribution in [2.24, 2.45) is 0 Å². The van der Waals surface area contributed by atoms with Crippen molar-refractivity contribution in [1.29, 1.82) is 0 Å². The number of rotatable bonds is 8. The molecule has 136 valence electrons. The van der Waals surface area contributed by atoms with Crippen LogP contribution in [0.25, 0.3) is 0 Å². The minimum absolute atomic E-state index is 0. The van der Waals surface area contributed by atoms with Gasteiger partial charge in [-0.2, -0.15) is 0 Å². The molecule has 3 nitrogen and oxygen atoms in total. The van der Waals surface area contributed by atoms with Crippen LogP contribution in [0.3, 0.4) is 0 Å². The molecule has 0 bridgehead atoms. The number of nitrogens with zero attached hydrogens (tertiary/aromatic N) is 1. The Morgan fingerprint density at radius 1 is 0.880 bits per heavy atom. The first-order valence-electron chi connectivity index (χ1n) is 8.80. The number of carbonyl (C=O) groups excluding carboxylic acids is 1. The van der Waals surface area contributed by atoms with Crippen LogP contribution in [0.4, 0.5) is 0 Å². The molecule has 1 atom stereocenters. The minimum atomic E-state index is -0.258. The van der Waals surface area contributed by atoms with Crippen molar-refractivity contribution < 1.29 is 31.0 Å². The van der Waals surface area contributed by atoms with Gasteiger partial charge < -0.3 is 26.2 Å². The normalized spacial score (nSPS) is 12.1. The molecule has 2 rings (SSSR count). The summed E-state index contributed by atoms with van der Waals surface area (Å²) in [5.74, 6) is -0.258. The maximum Gasteiger partial charge on any atom is 0.338 e. The lowest BCUT2D eigenvalue weighted by atomic mass is 10.1. The van der Waals surface area contributed by atoms with Gasteiger partial charge in [-0.25, -0.2) is 4.79 Å². The van der Waals surface area contributed by atoms with Crippen LogP contribution in [0.1, 0.15) is 42.8 Å². The van der Waals surface area contributed by atoms with E-state index in [9.17, 15) is 4.79 Å². The lowest BCUT2D eigenvalue weighted by Crippen LogP contribution is -3.00. The van der Waals surface area contributed by atoms with Crippen molar-refractivity contribution >= 4 is 5.97 Å². The molecule has 0 radical (unpaired) electrons. The van der Waals surface area contributed by atoms with E-state index in [-0.39, 0.29) is 29.1 Å². The number of esters is 1. The van der Waals surface area contributed by atoms with Crippen molar-refractivity contribution in [2.45, 2.75) is 26.9 Å². The smallest absolute Gasteiger partial charge is 0.338 e. The van der Waals surface area contributed by atoms with Gasteiger partial charge in [0.25, 0.3) is 0 Å². The molecule has 0 N–H and O–H groups in total. The highest BCUT2D eigenvalue weighted by Gasteiger charge is 2.30. The van der Waals surface area contributed by atoms with Gasteiger partial charge in [-0.3, -0.25) is 0 Å². The average Bonchev–Trinajstić information content (AvgIpc) is 2.66. The van der Waals surface area contributed by atoms with E-state index in [0.717, 1.165) is 36.2 Å². The van der Waals surface area contributed by atoms with Gasteiger partial charge in [0.2, 0.25) is 0 Å². The van der Waals surface area contributed by atoms with Crippen molar-refractivity contribution in [3.8, 4) is 0 Å². The van der Waals surface area contributed by atoms with Gasteiger partial charge in [-0.05, 0) is 38.5 Å². The van der Waals surface area contributed by atoms with E-state index in [1.54, 1.807) is 12.1 Å². The van der Waals surface area contributed by atoms with Crippen LogP contribution in [0, 0.1) is 0 Å². The summed E-state index contributed by atoms with van der Waals surface area (Å²) in [4.78, 5) is 12.6. The quantitative estimate of drug-likeness (QED) is 0.490. The highest BCUT2D eigenvalue weighted by atomic mass is 79.9. The van der Waals surface area contributed by atoms with E-state index in [4.69, 9.17) is 4.74 Å². The Morgan fingerprint density at radius 3 is 1.84 bits per heavy atom. The van der Waals surface area contributed by atoms with E-state index in [2.05, 4.69) is 20.8 Å². The second-order valence-electron chi connectivity index (χ2n) is 6.14. The molecule has 2 aromatic carbocycles. The van der Waals surface area contributed by atoms with Gasteiger partial charge in [0.15, 0.2) is 6.10 Å². The van der Waals surface area contributed by atoms with Gasteiger partial charge in [0.05, 0.1) is 25.2 Å². The van der Waals surface area contributed by atoms with E-state index in [1.165, 1.54) is 0 Å². The molecule has 0 saturated heterocycles. The molecule has 0 aromatic heterocycles. The van der Waals surface area contributed by atoms with Crippen LogP contribution in [-0.4, -0.2) is 36.6 Å². The van der Waals surface area contributed by atoms with Crippen LogP contribution < -0.4 is 17.0 Å². The Kier molecular flexibility index (Phi) is 8.87. The fourth-order valence-electron chi connectivity index (χ4n) is 3.06. The standard InChI is InChI=1S/C21H28NO2.BrH/c1-4-22(5-2,6-3)17-20(18-13-9-7-10-14-18)24-21(23)19-15-11-8-12-16-19;/h7-16,20H,4-6,17H2,1-3H3;1H/q+1;/p-1. The monoisotopic (exact) mass is 405 g/mol. The predicted molar refractivity (Wildman–Crippen MR) is 97.8 cm³/mol. The van der Waals surface area contributed by atoms with E-state index in [1.807, 2.05) is 48.5 Å². The Morgan fingerprint density at radius 2 is 1.36 bits per heavy atom. The van der Waals surface area contributed by atoms with Crippen molar-refractivity contribution in [2.75, 3.05) is 26.2 Å². The number of carbonyl (C=O) groups is 1. The average molecular weight is 406 g/mol. The third-order valence-electron chi connectivity index (χ3n) is 5.00. The van der Waals surface area contributed by atoms with E-state index in [0.29, 0.717) is 5.56 Å². The molecule has 0 aliphatic rings. The summed E-state index contributed by atoms with van der Waals surface area (Å²) in [6.07, 6.45) is -0.237. The van der Waals surface area contributed by atoms with Crippen LogP contribution in [0.15, 0.2) is 60.7 Å². The third kappa shape index (κ3) is 5.68. The zero-order valence-corrected chi connectivity index (χ0v) is 16.9. The van der Waals surface area contributed by atoms with Gasteiger partial charge in [-0.15, -0.1) is 0 Å². The minimum Gasteiger partial charge on any atom is -1.00 e. The Labute approximate surface area is 162 Å². The molecular formula is C21H28BrNO2. The Balaban J connectivity index is 0.00000312. The van der Waals surface area contributed by atoms with Gasteiger partial charge in [0.1, 0.15) is 6.54 Å². The first-order valence-corrected chi connectivity index (χ1v) is 8.80. The summed E-state index contributed by atoms with van der Waals surface area (Å²) in [6, 6.07) is 19.3. The lowest BCUT2D eigenvalue weighted by molar-refractivity contribution is -0.926. The molecule has 4 heteroatoms. The summed E-state index contributed by atoms with van der Waals surface area (Å²) in [7, 11) is 0. The zero-order chi connectivity index (χ0) is 17.4. The molecular weight excluding hydrogens is 378 g/mol. The molecule has 2 aromatic rings. The van der Waals surface area contributed by atoms with Gasteiger partial charge in [0, 0.05) is 0 Å². The van der Waals surface area contributed by atoms with Crippen molar-refractivity contribution in [1.82, 2.24) is 0 Å². The maximum atomic E-state index is 12.6. The van der Waals surface area contributed by atoms with Gasteiger partial charge in [-0.1, -0.05) is 48.5 Å². The number of halogens is 1. The Hall–Kier alpha value is -1.65. The first-order chi connectivity index (χ1) is 11.6. The second kappa shape index (κ2) is 10.4. The summed E-state index contributed by atoms with van der Waals surface area (Å²) in [5.41, 5.74) is 1.65. The third-order valence-corrected chi connectivity index (χ3v) is 5.00. The fraction of sp³-hybridized carbons (Fsp3) is 0.381. The van der Waals surface area contributed by atoms with Crippen molar-refractivity contribution in [3.05, 3.63) is 71.8 Å². The number of benzene rings is 2. The molecule has 0 aliphatic heterocycles. The van der Waals surface area contributed by atoms with E-state index < -0.39 is 0 Å². The summed E-state index contributed by atoms with van der Waals surface area (Å²) in [5, 5.41) is 0. The highest BCUT2D eigenvalue weighted by Crippen LogP contribution is 2.24. The largest absolute Gasteiger partial charge is 1.00 e. The SMILES string of the molecule is CC[N+](CC)(CC)CC(OC(=O)c1ccccc1)c1ccccc1.[Br-]. The molecule has 0 amide bonds. The Bertz CT molecular complexity index is 619. The van der Waals surface area contributed by atoms with Crippen LogP contribution in [0.5, 0.6) is 0 Å². The molecule has 25 heavy (non-hydrogen) atoms. The molecule has 0 spiro atoms. The first kappa shape index (κ1) is 21.4. The number of hydrogen-bond donors (Lipinski definition) is 0. The highest BCUT2D eigenvalue weighted by molar-refractivity contribution is 5.89. The van der Waals surface area contributed by atoms with Crippen molar-refractivity contribution in [3.63, 3.8) is 0 Å². The maximum absolute atomic E-state index is 12.6.